The van der Waals surface area contributed by atoms with E-state index < -0.39 is 17.8 Å². The topological polar surface area (TPSA) is 64.0 Å². The van der Waals surface area contributed by atoms with Crippen molar-refractivity contribution >= 4 is 11.6 Å². The Morgan fingerprint density at radius 2 is 2.00 bits per heavy atom. The largest absolute Gasteiger partial charge is 0.433 e. The molecule has 2 aromatic heterocycles. The summed E-state index contributed by atoms with van der Waals surface area (Å²) >= 11 is 0. The lowest BCUT2D eigenvalue weighted by molar-refractivity contribution is -0.141. The van der Waals surface area contributed by atoms with Crippen LogP contribution in [0.5, 0.6) is 0 Å². The third-order valence-electron chi connectivity index (χ3n) is 2.85. The Morgan fingerprint density at radius 1 is 1.27 bits per heavy atom. The van der Waals surface area contributed by atoms with Crippen LogP contribution in [-0.2, 0) is 12.7 Å². The number of carbonyl (C=O) groups excluding carboxylic acids is 1. The molecule has 0 saturated carbocycles. The number of amides is 1. The van der Waals surface area contributed by atoms with Crippen molar-refractivity contribution in [3.63, 3.8) is 0 Å². The van der Waals surface area contributed by atoms with Gasteiger partial charge in [-0.1, -0.05) is 6.07 Å². The lowest BCUT2D eigenvalue weighted by Crippen LogP contribution is -2.21. The number of pyridine rings is 2. The number of hydrogen-bond acceptors (Lipinski definition) is 3. The Hall–Kier alpha value is -2.64. The lowest BCUT2D eigenvalue weighted by atomic mass is 10.2. The molecule has 0 unspecified atom stereocenters. The van der Waals surface area contributed by atoms with Crippen molar-refractivity contribution in [2.24, 2.45) is 0 Å². The Morgan fingerprint density at radius 3 is 2.64 bits per heavy atom. The maximum Gasteiger partial charge on any atom is 0.433 e. The molecule has 0 atom stereocenters. The van der Waals surface area contributed by atoms with Crippen LogP contribution in [0.4, 0.5) is 18.9 Å². The molecule has 0 spiro atoms. The molecular weight excluding hydrogens is 299 g/mol. The van der Waals surface area contributed by atoms with Gasteiger partial charge in [-0.2, -0.15) is 13.2 Å². The zero-order chi connectivity index (χ0) is 16.3. The maximum absolute atomic E-state index is 12.6. The summed E-state index contributed by atoms with van der Waals surface area (Å²) in [5, 5.41) is 2.41. The van der Waals surface area contributed by atoms with Gasteiger partial charge in [0, 0.05) is 18.8 Å². The van der Waals surface area contributed by atoms with E-state index in [0.29, 0.717) is 12.2 Å². The van der Waals surface area contributed by atoms with Crippen LogP contribution in [0.2, 0.25) is 0 Å². The zero-order valence-electron chi connectivity index (χ0n) is 11.5. The predicted octanol–water partition coefficient (Wildman–Crippen LogP) is 2.53. The van der Waals surface area contributed by atoms with E-state index >= 15 is 0 Å². The van der Waals surface area contributed by atoms with Crippen LogP contribution in [0.3, 0.4) is 0 Å². The number of rotatable bonds is 3. The van der Waals surface area contributed by atoms with Gasteiger partial charge < -0.3 is 9.88 Å². The first-order valence-corrected chi connectivity index (χ1v) is 6.37. The van der Waals surface area contributed by atoms with E-state index in [1.807, 2.05) is 0 Å². The second-order valence-electron chi connectivity index (χ2n) is 4.40. The van der Waals surface area contributed by atoms with Crippen molar-refractivity contribution < 1.29 is 18.0 Å². The number of carbonyl (C=O) groups is 1. The van der Waals surface area contributed by atoms with Gasteiger partial charge >= 0.3 is 6.18 Å². The van der Waals surface area contributed by atoms with Crippen LogP contribution in [0.1, 0.15) is 23.1 Å². The highest BCUT2D eigenvalue weighted by Gasteiger charge is 2.32. The van der Waals surface area contributed by atoms with E-state index in [1.54, 1.807) is 6.92 Å². The number of halogens is 3. The molecule has 2 rings (SSSR count). The fourth-order valence-corrected chi connectivity index (χ4v) is 1.77. The summed E-state index contributed by atoms with van der Waals surface area (Å²) in [6.07, 6.45) is -3.21. The quantitative estimate of drug-likeness (QED) is 0.947. The van der Waals surface area contributed by atoms with E-state index in [1.165, 1.54) is 29.0 Å². The predicted molar refractivity (Wildman–Crippen MR) is 73.6 cm³/mol. The first-order chi connectivity index (χ1) is 10.3. The molecule has 5 nitrogen and oxygen atoms in total. The van der Waals surface area contributed by atoms with Gasteiger partial charge in [0.2, 0.25) is 0 Å². The molecule has 1 N–H and O–H groups in total. The second kappa shape index (κ2) is 6.00. The highest BCUT2D eigenvalue weighted by molar-refractivity contribution is 6.02. The second-order valence-corrected chi connectivity index (χ2v) is 4.40. The van der Waals surface area contributed by atoms with E-state index in [2.05, 4.69) is 10.3 Å². The minimum Gasteiger partial charge on any atom is -0.319 e. The Bertz CT molecular complexity index is 753. The molecule has 8 heteroatoms. The fraction of sp³-hybridized carbons (Fsp3) is 0.214. The summed E-state index contributed by atoms with van der Waals surface area (Å²) in [5.74, 6) is -0.785. The molecule has 22 heavy (non-hydrogen) atoms. The van der Waals surface area contributed by atoms with Crippen LogP contribution in [0.25, 0.3) is 0 Å². The molecule has 2 aromatic rings. The van der Waals surface area contributed by atoms with Gasteiger partial charge in [0.05, 0.1) is 5.69 Å². The molecule has 2 heterocycles. The molecule has 0 bridgehead atoms. The normalized spacial score (nSPS) is 11.3. The van der Waals surface area contributed by atoms with Gasteiger partial charge in [0.25, 0.3) is 11.5 Å². The Balaban J connectivity index is 2.24. The number of anilines is 1. The fourth-order valence-electron chi connectivity index (χ4n) is 1.77. The number of alkyl halides is 3. The molecular formula is C14H12F3N3O2. The van der Waals surface area contributed by atoms with Crippen molar-refractivity contribution in [1.29, 1.82) is 0 Å². The van der Waals surface area contributed by atoms with Crippen molar-refractivity contribution in [3.8, 4) is 0 Å². The van der Waals surface area contributed by atoms with Crippen LogP contribution in [0.15, 0.2) is 41.3 Å². The Labute approximate surface area is 123 Å². The molecule has 0 radical (unpaired) electrons. The molecule has 0 aliphatic carbocycles. The van der Waals surface area contributed by atoms with Gasteiger partial charge in [0.1, 0.15) is 11.4 Å². The van der Waals surface area contributed by atoms with E-state index in [-0.39, 0.29) is 11.3 Å². The van der Waals surface area contributed by atoms with Crippen molar-refractivity contribution in [2.45, 2.75) is 19.6 Å². The molecule has 0 saturated heterocycles. The number of aryl methyl sites for hydroxylation is 1. The van der Waals surface area contributed by atoms with Gasteiger partial charge in [-0.15, -0.1) is 0 Å². The highest BCUT2D eigenvalue weighted by Crippen LogP contribution is 2.27. The van der Waals surface area contributed by atoms with E-state index in [0.717, 1.165) is 12.1 Å². The average molecular weight is 311 g/mol. The molecule has 0 fully saturated rings. The Kier molecular flexibility index (Phi) is 4.30. The maximum atomic E-state index is 12.6. The van der Waals surface area contributed by atoms with Crippen LogP contribution in [0, 0.1) is 0 Å². The molecule has 0 aliphatic rings. The van der Waals surface area contributed by atoms with Gasteiger partial charge in [0.15, 0.2) is 0 Å². The molecule has 0 aliphatic heterocycles. The van der Waals surface area contributed by atoms with Gasteiger partial charge in [-0.05, 0) is 25.1 Å². The molecule has 0 aromatic carbocycles. The van der Waals surface area contributed by atoms with E-state index in [4.69, 9.17) is 0 Å². The third-order valence-corrected chi connectivity index (χ3v) is 2.85. The SMILES string of the molecule is CCn1cc(NC(=O)c2cccc(C(F)(F)F)n2)ccc1=O. The molecule has 1 amide bonds. The first-order valence-electron chi connectivity index (χ1n) is 6.37. The highest BCUT2D eigenvalue weighted by atomic mass is 19.4. The summed E-state index contributed by atoms with van der Waals surface area (Å²) < 4.78 is 39.1. The number of aromatic nitrogens is 2. The smallest absolute Gasteiger partial charge is 0.319 e. The van der Waals surface area contributed by atoms with Crippen LogP contribution < -0.4 is 10.9 Å². The standard InChI is InChI=1S/C14H12F3N3O2/c1-2-20-8-9(6-7-12(20)21)18-13(22)10-4-3-5-11(19-10)14(15,16)17/h3-8H,2H2,1H3,(H,18,22). The number of nitrogens with zero attached hydrogens (tertiary/aromatic N) is 2. The lowest BCUT2D eigenvalue weighted by Gasteiger charge is -2.09. The van der Waals surface area contributed by atoms with Crippen molar-refractivity contribution in [3.05, 3.63) is 58.3 Å². The third kappa shape index (κ3) is 3.51. The van der Waals surface area contributed by atoms with Crippen LogP contribution >= 0.6 is 0 Å². The van der Waals surface area contributed by atoms with E-state index in [9.17, 15) is 22.8 Å². The van der Waals surface area contributed by atoms with Crippen molar-refractivity contribution in [2.75, 3.05) is 5.32 Å². The number of hydrogen-bond donors (Lipinski definition) is 1. The first kappa shape index (κ1) is 15.7. The minimum atomic E-state index is -4.62. The van der Waals surface area contributed by atoms with Gasteiger partial charge in [-0.3, -0.25) is 9.59 Å². The number of nitrogens with one attached hydrogen (secondary N) is 1. The summed E-state index contributed by atoms with van der Waals surface area (Å²) in [6.45, 7) is 2.16. The summed E-state index contributed by atoms with van der Waals surface area (Å²) in [6, 6.07) is 5.71. The monoisotopic (exact) mass is 311 g/mol. The average Bonchev–Trinajstić information content (AvgIpc) is 2.48. The minimum absolute atomic E-state index is 0.238. The summed E-state index contributed by atoms with van der Waals surface area (Å²) in [5.41, 5.74) is -1.44. The zero-order valence-corrected chi connectivity index (χ0v) is 11.5. The van der Waals surface area contributed by atoms with Gasteiger partial charge in [-0.25, -0.2) is 4.98 Å². The summed E-state index contributed by atoms with van der Waals surface area (Å²) in [7, 11) is 0. The van der Waals surface area contributed by atoms with Crippen LogP contribution in [-0.4, -0.2) is 15.5 Å². The molecule has 116 valence electrons. The summed E-state index contributed by atoms with van der Waals surface area (Å²) in [4.78, 5) is 26.7. The van der Waals surface area contributed by atoms with Crippen molar-refractivity contribution in [1.82, 2.24) is 9.55 Å².